The molecular formula is C10H11NO4. The van der Waals surface area contributed by atoms with Crippen molar-refractivity contribution in [2.24, 2.45) is 0 Å². The molecule has 2 aliphatic rings. The molecule has 0 bridgehead atoms. The standard InChI is InChI=1S/C10H11NO4/c12-8-6-4-2-1-3-5(6)7(10(14)15)9(13)11-8/h1,3-4,8-9,11-13H,2H2,(H,14,15). The van der Waals surface area contributed by atoms with Gasteiger partial charge in [0.15, 0.2) is 0 Å². The summed E-state index contributed by atoms with van der Waals surface area (Å²) in [4.78, 5) is 10.9. The molecule has 0 aromatic rings. The van der Waals surface area contributed by atoms with Crippen LogP contribution in [0.4, 0.5) is 0 Å². The van der Waals surface area contributed by atoms with Gasteiger partial charge in [-0.1, -0.05) is 18.2 Å². The molecule has 0 aromatic carbocycles. The summed E-state index contributed by atoms with van der Waals surface area (Å²) in [6, 6.07) is 0. The second-order valence-electron chi connectivity index (χ2n) is 3.40. The summed E-state index contributed by atoms with van der Waals surface area (Å²) in [5.41, 5.74) is 0.787. The van der Waals surface area contributed by atoms with E-state index in [1.54, 1.807) is 18.2 Å². The number of aliphatic carboxylic acids is 1. The number of nitrogens with one attached hydrogen (secondary N) is 1. The smallest absolute Gasteiger partial charge is 0.336 e. The van der Waals surface area contributed by atoms with Crippen LogP contribution in [0.2, 0.25) is 0 Å². The van der Waals surface area contributed by atoms with Crippen LogP contribution in [0.5, 0.6) is 0 Å². The first kappa shape index (κ1) is 10.1. The Morgan fingerprint density at radius 2 is 2.13 bits per heavy atom. The fraction of sp³-hybridized carbons (Fsp3) is 0.300. The van der Waals surface area contributed by atoms with Crippen LogP contribution in [-0.4, -0.2) is 33.7 Å². The Morgan fingerprint density at radius 1 is 1.40 bits per heavy atom. The molecule has 0 aromatic heterocycles. The monoisotopic (exact) mass is 209 g/mol. The summed E-state index contributed by atoms with van der Waals surface area (Å²) in [5.74, 6) is -1.19. The Hall–Kier alpha value is -1.43. The van der Waals surface area contributed by atoms with E-state index in [4.69, 9.17) is 5.11 Å². The third-order valence-corrected chi connectivity index (χ3v) is 2.47. The van der Waals surface area contributed by atoms with Crippen molar-refractivity contribution in [2.75, 3.05) is 0 Å². The van der Waals surface area contributed by atoms with Crippen LogP contribution >= 0.6 is 0 Å². The van der Waals surface area contributed by atoms with Crippen LogP contribution in [0.25, 0.3) is 0 Å². The normalized spacial score (nSPS) is 29.9. The lowest BCUT2D eigenvalue weighted by Crippen LogP contribution is -2.47. The molecule has 0 amide bonds. The molecule has 1 aliphatic heterocycles. The molecule has 4 N–H and O–H groups in total. The molecule has 0 radical (unpaired) electrons. The molecule has 5 nitrogen and oxygen atoms in total. The maximum Gasteiger partial charge on any atom is 0.336 e. The quantitative estimate of drug-likeness (QED) is 0.467. The number of hydrogen-bond donors (Lipinski definition) is 4. The van der Waals surface area contributed by atoms with Gasteiger partial charge in [-0.2, -0.15) is 0 Å². The highest BCUT2D eigenvalue weighted by Gasteiger charge is 2.33. The highest BCUT2D eigenvalue weighted by molar-refractivity contribution is 5.91. The van der Waals surface area contributed by atoms with Crippen molar-refractivity contribution in [2.45, 2.75) is 18.9 Å². The first-order chi connectivity index (χ1) is 7.11. The minimum atomic E-state index is -1.34. The van der Waals surface area contributed by atoms with Gasteiger partial charge < -0.3 is 15.3 Å². The number of carbonyl (C=O) groups is 1. The molecule has 5 heteroatoms. The van der Waals surface area contributed by atoms with Gasteiger partial charge in [0.25, 0.3) is 0 Å². The lowest BCUT2D eigenvalue weighted by Gasteiger charge is -2.30. The fourth-order valence-electron chi connectivity index (χ4n) is 1.79. The Balaban J connectivity index is 2.55. The van der Waals surface area contributed by atoms with Crippen LogP contribution in [0.1, 0.15) is 6.42 Å². The molecule has 1 heterocycles. The summed E-state index contributed by atoms with van der Waals surface area (Å²) in [5, 5.41) is 30.4. The van der Waals surface area contributed by atoms with E-state index in [1.165, 1.54) is 0 Å². The number of allylic oxidation sites excluding steroid dienone is 3. The molecule has 1 aliphatic carbocycles. The summed E-state index contributed by atoms with van der Waals surface area (Å²) in [7, 11) is 0. The van der Waals surface area contributed by atoms with E-state index in [1.807, 2.05) is 0 Å². The highest BCUT2D eigenvalue weighted by atomic mass is 16.4. The van der Waals surface area contributed by atoms with Crippen molar-refractivity contribution in [3.8, 4) is 0 Å². The van der Waals surface area contributed by atoms with E-state index >= 15 is 0 Å². The number of aliphatic hydroxyl groups is 2. The van der Waals surface area contributed by atoms with Gasteiger partial charge in [0, 0.05) is 0 Å². The number of aliphatic hydroxyl groups excluding tert-OH is 2. The lowest BCUT2D eigenvalue weighted by molar-refractivity contribution is -0.134. The van der Waals surface area contributed by atoms with Crippen molar-refractivity contribution < 1.29 is 20.1 Å². The summed E-state index contributed by atoms with van der Waals surface area (Å²) in [6.45, 7) is 0. The minimum Gasteiger partial charge on any atom is -0.478 e. The fourth-order valence-corrected chi connectivity index (χ4v) is 1.79. The Bertz CT molecular complexity index is 394. The van der Waals surface area contributed by atoms with Gasteiger partial charge in [-0.15, -0.1) is 0 Å². The van der Waals surface area contributed by atoms with Crippen molar-refractivity contribution in [3.05, 3.63) is 34.9 Å². The van der Waals surface area contributed by atoms with Gasteiger partial charge in [0.2, 0.25) is 0 Å². The average molecular weight is 209 g/mol. The van der Waals surface area contributed by atoms with Crippen molar-refractivity contribution in [1.82, 2.24) is 5.32 Å². The van der Waals surface area contributed by atoms with E-state index in [-0.39, 0.29) is 5.57 Å². The number of rotatable bonds is 1. The number of hydrogen-bond acceptors (Lipinski definition) is 4. The topological polar surface area (TPSA) is 89.8 Å². The van der Waals surface area contributed by atoms with E-state index in [2.05, 4.69) is 5.32 Å². The van der Waals surface area contributed by atoms with Gasteiger partial charge in [0.05, 0.1) is 5.57 Å². The zero-order valence-corrected chi connectivity index (χ0v) is 7.84. The third-order valence-electron chi connectivity index (χ3n) is 2.47. The zero-order chi connectivity index (χ0) is 11.0. The number of fused-ring (bicyclic) bond motifs is 1. The van der Waals surface area contributed by atoms with E-state index in [9.17, 15) is 15.0 Å². The molecule has 80 valence electrons. The van der Waals surface area contributed by atoms with Gasteiger partial charge in [-0.25, -0.2) is 4.79 Å². The van der Waals surface area contributed by atoms with Crippen LogP contribution in [0, 0.1) is 0 Å². The van der Waals surface area contributed by atoms with Gasteiger partial charge >= 0.3 is 5.97 Å². The van der Waals surface area contributed by atoms with E-state index < -0.39 is 18.4 Å². The molecule has 15 heavy (non-hydrogen) atoms. The van der Waals surface area contributed by atoms with E-state index in [0.717, 1.165) is 0 Å². The third kappa shape index (κ3) is 1.61. The van der Waals surface area contributed by atoms with E-state index in [0.29, 0.717) is 17.6 Å². The number of carboxylic acid groups (broad SMARTS) is 1. The molecule has 0 saturated carbocycles. The molecule has 0 spiro atoms. The Kier molecular flexibility index (Phi) is 2.44. The Labute approximate surface area is 86.0 Å². The maximum absolute atomic E-state index is 10.9. The lowest BCUT2D eigenvalue weighted by atomic mass is 9.89. The molecule has 0 fully saturated rings. The predicted octanol–water partition coefficient (Wildman–Crippen LogP) is -0.506. The molecule has 2 unspecified atom stereocenters. The van der Waals surface area contributed by atoms with Crippen molar-refractivity contribution in [3.63, 3.8) is 0 Å². The summed E-state index contributed by atoms with van der Waals surface area (Å²) < 4.78 is 0. The largest absolute Gasteiger partial charge is 0.478 e. The van der Waals surface area contributed by atoms with Crippen molar-refractivity contribution >= 4 is 5.97 Å². The van der Waals surface area contributed by atoms with Crippen LogP contribution < -0.4 is 5.32 Å². The predicted molar refractivity (Wildman–Crippen MR) is 51.7 cm³/mol. The van der Waals surface area contributed by atoms with Gasteiger partial charge in [0.1, 0.15) is 12.5 Å². The second kappa shape index (κ2) is 3.62. The van der Waals surface area contributed by atoms with Crippen LogP contribution in [0.15, 0.2) is 34.9 Å². The van der Waals surface area contributed by atoms with Gasteiger partial charge in [-0.05, 0) is 17.6 Å². The van der Waals surface area contributed by atoms with Crippen LogP contribution in [-0.2, 0) is 4.79 Å². The minimum absolute atomic E-state index is 0.123. The maximum atomic E-state index is 10.9. The molecule has 0 saturated heterocycles. The summed E-state index contributed by atoms with van der Waals surface area (Å²) in [6.07, 6.45) is 3.44. The molecule has 2 rings (SSSR count). The highest BCUT2D eigenvalue weighted by Crippen LogP contribution is 2.29. The zero-order valence-electron chi connectivity index (χ0n) is 7.84. The van der Waals surface area contributed by atoms with Crippen molar-refractivity contribution in [1.29, 1.82) is 0 Å². The Morgan fingerprint density at radius 3 is 2.80 bits per heavy atom. The summed E-state index contributed by atoms with van der Waals surface area (Å²) >= 11 is 0. The van der Waals surface area contributed by atoms with Gasteiger partial charge in [-0.3, -0.25) is 5.32 Å². The number of carboxylic acids is 1. The first-order valence-electron chi connectivity index (χ1n) is 4.58. The molecule has 2 atom stereocenters. The average Bonchev–Trinajstić information content (AvgIpc) is 2.17. The second-order valence-corrected chi connectivity index (χ2v) is 3.40. The SMILES string of the molecule is O=C(O)C1=C2C=CCC=C2C(O)NC1O. The molecular weight excluding hydrogens is 198 g/mol. The first-order valence-corrected chi connectivity index (χ1v) is 4.58. The van der Waals surface area contributed by atoms with Crippen LogP contribution in [0.3, 0.4) is 0 Å².